The third-order valence-corrected chi connectivity index (χ3v) is 4.21. The Balaban J connectivity index is 2.18. The van der Waals surface area contributed by atoms with Crippen LogP contribution in [-0.4, -0.2) is 28.2 Å². The highest BCUT2D eigenvalue weighted by atomic mass is 16.6. The zero-order chi connectivity index (χ0) is 15.5. The maximum atomic E-state index is 11.1. The Labute approximate surface area is 124 Å². The molecular weight excluding hydrogens is 272 g/mol. The first-order valence-electron chi connectivity index (χ1n) is 7.31. The number of nitrogen functional groups attached to an aromatic ring is 1. The summed E-state index contributed by atoms with van der Waals surface area (Å²) in [6.45, 7) is 4.86. The zero-order valence-electron chi connectivity index (χ0n) is 12.5. The maximum absolute atomic E-state index is 11.1. The molecule has 3 N–H and O–H groups in total. The molecule has 1 atom stereocenters. The standard InChI is InChI=1S/C14H22N4O3/c1-3-14(4-2)9-10(7-8-21-14)16-13-11(18(19)20)5-6-12(15)17-13/h5-6,10H,3-4,7-9H2,1-2H3,(H3,15,16,17). The van der Waals surface area contributed by atoms with E-state index in [1.54, 1.807) is 0 Å². The largest absolute Gasteiger partial charge is 0.384 e. The Morgan fingerprint density at radius 1 is 1.52 bits per heavy atom. The van der Waals surface area contributed by atoms with Crippen LogP contribution in [0.15, 0.2) is 12.1 Å². The van der Waals surface area contributed by atoms with E-state index in [9.17, 15) is 10.1 Å². The minimum absolute atomic E-state index is 0.0470. The highest BCUT2D eigenvalue weighted by Gasteiger charge is 2.35. The van der Waals surface area contributed by atoms with Gasteiger partial charge in [0.2, 0.25) is 5.82 Å². The summed E-state index contributed by atoms with van der Waals surface area (Å²) < 4.78 is 5.91. The smallest absolute Gasteiger partial charge is 0.311 e. The molecule has 2 rings (SSSR count). The number of aromatic nitrogens is 1. The van der Waals surface area contributed by atoms with Gasteiger partial charge in [0, 0.05) is 18.7 Å². The van der Waals surface area contributed by atoms with E-state index in [1.165, 1.54) is 12.1 Å². The highest BCUT2D eigenvalue weighted by molar-refractivity contribution is 5.59. The normalized spacial score (nSPS) is 21.0. The van der Waals surface area contributed by atoms with Gasteiger partial charge in [-0.1, -0.05) is 13.8 Å². The molecule has 0 radical (unpaired) electrons. The summed E-state index contributed by atoms with van der Waals surface area (Å²) in [5, 5.41) is 14.3. The lowest BCUT2D eigenvalue weighted by molar-refractivity contribution is -0.384. The van der Waals surface area contributed by atoms with Crippen LogP contribution in [0.3, 0.4) is 0 Å². The van der Waals surface area contributed by atoms with Crippen LogP contribution in [0.4, 0.5) is 17.3 Å². The summed E-state index contributed by atoms with van der Waals surface area (Å²) in [5.41, 5.74) is 5.45. The van der Waals surface area contributed by atoms with Crippen LogP contribution in [0, 0.1) is 10.1 Å². The molecule has 21 heavy (non-hydrogen) atoms. The van der Waals surface area contributed by atoms with E-state index >= 15 is 0 Å². The van der Waals surface area contributed by atoms with Crippen LogP contribution >= 0.6 is 0 Å². The second-order valence-electron chi connectivity index (χ2n) is 5.43. The van der Waals surface area contributed by atoms with Gasteiger partial charge in [0.15, 0.2) is 0 Å². The van der Waals surface area contributed by atoms with Crippen molar-refractivity contribution < 1.29 is 9.66 Å². The maximum Gasteiger partial charge on any atom is 0.311 e. The van der Waals surface area contributed by atoms with Crippen molar-refractivity contribution >= 4 is 17.3 Å². The van der Waals surface area contributed by atoms with Crippen LogP contribution in [0.1, 0.15) is 39.5 Å². The Kier molecular flexibility index (Phi) is 4.62. The summed E-state index contributed by atoms with van der Waals surface area (Å²) in [5.74, 6) is 0.514. The van der Waals surface area contributed by atoms with Crippen molar-refractivity contribution in [3.8, 4) is 0 Å². The molecule has 1 aromatic rings. The number of hydrogen-bond acceptors (Lipinski definition) is 6. The Morgan fingerprint density at radius 2 is 2.24 bits per heavy atom. The molecule has 0 spiro atoms. The van der Waals surface area contributed by atoms with E-state index in [4.69, 9.17) is 10.5 Å². The molecule has 0 saturated carbocycles. The van der Waals surface area contributed by atoms with Gasteiger partial charge >= 0.3 is 5.69 Å². The van der Waals surface area contributed by atoms with Crippen molar-refractivity contribution in [2.75, 3.05) is 17.7 Å². The monoisotopic (exact) mass is 294 g/mol. The molecule has 116 valence electrons. The van der Waals surface area contributed by atoms with Gasteiger partial charge in [-0.05, 0) is 31.7 Å². The summed E-state index contributed by atoms with van der Waals surface area (Å²) >= 11 is 0. The quantitative estimate of drug-likeness (QED) is 0.639. The van der Waals surface area contributed by atoms with Crippen LogP contribution in [-0.2, 0) is 4.74 Å². The molecule has 1 aromatic heterocycles. The second kappa shape index (κ2) is 6.26. The van der Waals surface area contributed by atoms with E-state index in [0.717, 1.165) is 25.7 Å². The summed E-state index contributed by atoms with van der Waals surface area (Å²) in [6, 6.07) is 2.93. The lowest BCUT2D eigenvalue weighted by Crippen LogP contribution is -2.43. The number of nitrogens with zero attached hydrogens (tertiary/aromatic N) is 2. The molecule has 0 amide bonds. The fourth-order valence-electron chi connectivity index (χ4n) is 2.81. The topological polar surface area (TPSA) is 103 Å². The van der Waals surface area contributed by atoms with Crippen molar-refractivity contribution in [1.82, 2.24) is 4.98 Å². The van der Waals surface area contributed by atoms with Gasteiger partial charge in [-0.2, -0.15) is 0 Å². The molecule has 1 unspecified atom stereocenters. The minimum atomic E-state index is -0.443. The molecular formula is C14H22N4O3. The lowest BCUT2D eigenvalue weighted by Gasteiger charge is -2.40. The predicted molar refractivity (Wildman–Crippen MR) is 81.2 cm³/mol. The van der Waals surface area contributed by atoms with E-state index < -0.39 is 4.92 Å². The molecule has 1 aliphatic heterocycles. The van der Waals surface area contributed by atoms with Crippen LogP contribution in [0.2, 0.25) is 0 Å². The summed E-state index contributed by atoms with van der Waals surface area (Å²) in [7, 11) is 0. The van der Waals surface area contributed by atoms with E-state index in [2.05, 4.69) is 24.1 Å². The number of nitrogens with one attached hydrogen (secondary N) is 1. The Bertz CT molecular complexity index is 517. The van der Waals surface area contributed by atoms with E-state index in [-0.39, 0.29) is 29.0 Å². The fraction of sp³-hybridized carbons (Fsp3) is 0.643. The van der Waals surface area contributed by atoms with Gasteiger partial charge in [-0.15, -0.1) is 0 Å². The molecule has 1 aliphatic rings. The van der Waals surface area contributed by atoms with Crippen molar-refractivity contribution in [3.05, 3.63) is 22.2 Å². The first kappa shape index (κ1) is 15.5. The van der Waals surface area contributed by atoms with Gasteiger partial charge in [0.1, 0.15) is 5.82 Å². The molecule has 0 bridgehead atoms. The zero-order valence-corrected chi connectivity index (χ0v) is 12.5. The third kappa shape index (κ3) is 3.41. The first-order chi connectivity index (χ1) is 9.99. The molecule has 0 aromatic carbocycles. The number of nitrogens with two attached hydrogens (primary N) is 1. The fourth-order valence-corrected chi connectivity index (χ4v) is 2.81. The first-order valence-corrected chi connectivity index (χ1v) is 7.31. The average Bonchev–Trinajstić information content (AvgIpc) is 2.47. The Morgan fingerprint density at radius 3 is 2.86 bits per heavy atom. The number of rotatable bonds is 5. The molecule has 7 heteroatoms. The SMILES string of the molecule is CCC1(CC)CC(Nc2nc(N)ccc2[N+](=O)[O-])CCO1. The summed E-state index contributed by atoms with van der Waals surface area (Å²) in [4.78, 5) is 14.7. The lowest BCUT2D eigenvalue weighted by atomic mass is 9.86. The van der Waals surface area contributed by atoms with Gasteiger partial charge in [-0.25, -0.2) is 4.98 Å². The average molecular weight is 294 g/mol. The van der Waals surface area contributed by atoms with E-state index in [1.807, 2.05) is 0 Å². The molecule has 2 heterocycles. The number of nitro groups is 1. The van der Waals surface area contributed by atoms with Gasteiger partial charge in [0.05, 0.1) is 10.5 Å². The Hall–Kier alpha value is -1.89. The number of ether oxygens (including phenoxy) is 1. The van der Waals surface area contributed by atoms with Crippen molar-refractivity contribution in [2.45, 2.75) is 51.2 Å². The third-order valence-electron chi connectivity index (χ3n) is 4.21. The van der Waals surface area contributed by atoms with Crippen molar-refractivity contribution in [1.29, 1.82) is 0 Å². The van der Waals surface area contributed by atoms with E-state index in [0.29, 0.717) is 6.61 Å². The van der Waals surface area contributed by atoms with Crippen LogP contribution in [0.5, 0.6) is 0 Å². The molecule has 7 nitrogen and oxygen atoms in total. The summed E-state index contributed by atoms with van der Waals surface area (Å²) in [6.07, 6.45) is 3.46. The number of anilines is 2. The predicted octanol–water partition coefficient (Wildman–Crippen LogP) is 2.72. The molecule has 1 saturated heterocycles. The van der Waals surface area contributed by atoms with Gasteiger partial charge in [0.25, 0.3) is 0 Å². The van der Waals surface area contributed by atoms with Gasteiger partial charge < -0.3 is 15.8 Å². The molecule has 0 aliphatic carbocycles. The van der Waals surface area contributed by atoms with Crippen molar-refractivity contribution in [3.63, 3.8) is 0 Å². The number of hydrogen-bond donors (Lipinski definition) is 2. The van der Waals surface area contributed by atoms with Gasteiger partial charge in [-0.3, -0.25) is 10.1 Å². The number of pyridine rings is 1. The molecule has 1 fully saturated rings. The highest BCUT2D eigenvalue weighted by Crippen LogP contribution is 2.34. The van der Waals surface area contributed by atoms with Crippen molar-refractivity contribution in [2.24, 2.45) is 0 Å². The second-order valence-corrected chi connectivity index (χ2v) is 5.43. The minimum Gasteiger partial charge on any atom is -0.384 e. The van der Waals surface area contributed by atoms with Crippen LogP contribution in [0.25, 0.3) is 0 Å². The van der Waals surface area contributed by atoms with Crippen LogP contribution < -0.4 is 11.1 Å².